The van der Waals surface area contributed by atoms with Crippen molar-refractivity contribution in [2.45, 2.75) is 25.3 Å². The molecule has 7 heteroatoms. The Balaban J connectivity index is 2.05. The van der Waals surface area contributed by atoms with Crippen molar-refractivity contribution in [3.63, 3.8) is 0 Å². The van der Waals surface area contributed by atoms with Crippen molar-refractivity contribution in [2.75, 3.05) is 4.72 Å². The Morgan fingerprint density at radius 3 is 2.61 bits per heavy atom. The molecule has 0 radical (unpaired) electrons. The second-order valence-electron chi connectivity index (χ2n) is 5.16. The van der Waals surface area contributed by atoms with Crippen molar-refractivity contribution >= 4 is 26.8 Å². The molecule has 23 heavy (non-hydrogen) atoms. The van der Waals surface area contributed by atoms with Crippen LogP contribution in [-0.4, -0.2) is 13.0 Å². The fourth-order valence-corrected chi connectivity index (χ4v) is 3.55. The summed E-state index contributed by atoms with van der Waals surface area (Å²) in [4.78, 5) is 11.7. The van der Waals surface area contributed by atoms with E-state index in [-0.39, 0.29) is 10.5 Å². The van der Waals surface area contributed by atoms with E-state index in [0.717, 1.165) is 5.56 Å². The number of nitrogens with one attached hydrogen (secondary N) is 1. The molecule has 3 rings (SSSR count). The molecule has 1 N–H and O–H groups in total. The van der Waals surface area contributed by atoms with Gasteiger partial charge >= 0.3 is 5.76 Å². The minimum atomic E-state index is -3.76. The average Bonchev–Trinajstić information content (AvgIpc) is 2.83. The number of benzene rings is 2. The van der Waals surface area contributed by atoms with E-state index >= 15 is 0 Å². The van der Waals surface area contributed by atoms with Crippen molar-refractivity contribution in [2.24, 2.45) is 0 Å². The van der Waals surface area contributed by atoms with Gasteiger partial charge in [0.15, 0.2) is 5.58 Å². The number of para-hydroxylation sites is 1. The fraction of sp³-hybridized carbons (Fsp3) is 0.188. The Bertz CT molecular complexity index is 1030. The van der Waals surface area contributed by atoms with Gasteiger partial charge in [-0.3, -0.25) is 9.29 Å². The highest BCUT2D eigenvalue weighted by Gasteiger charge is 2.18. The summed E-state index contributed by atoms with van der Waals surface area (Å²) >= 11 is 0. The number of aromatic nitrogens is 1. The van der Waals surface area contributed by atoms with Crippen molar-refractivity contribution in [1.82, 2.24) is 4.57 Å². The van der Waals surface area contributed by atoms with Gasteiger partial charge in [0.25, 0.3) is 10.0 Å². The lowest BCUT2D eigenvalue weighted by molar-refractivity contribution is 0.512. The summed E-state index contributed by atoms with van der Waals surface area (Å²) in [7, 11) is -3.76. The quantitative estimate of drug-likeness (QED) is 0.796. The van der Waals surface area contributed by atoms with Crippen LogP contribution in [0.2, 0.25) is 0 Å². The van der Waals surface area contributed by atoms with E-state index in [9.17, 15) is 13.2 Å². The monoisotopic (exact) mass is 332 g/mol. The van der Waals surface area contributed by atoms with Crippen LogP contribution in [0, 0.1) is 6.92 Å². The minimum Gasteiger partial charge on any atom is -0.408 e. The molecule has 0 saturated carbocycles. The second kappa shape index (κ2) is 5.58. The van der Waals surface area contributed by atoms with Gasteiger partial charge in [-0.2, -0.15) is 0 Å². The van der Waals surface area contributed by atoms with Crippen LogP contribution in [0.5, 0.6) is 0 Å². The van der Waals surface area contributed by atoms with Gasteiger partial charge in [-0.25, -0.2) is 13.2 Å². The van der Waals surface area contributed by atoms with Crippen molar-refractivity contribution < 1.29 is 12.8 Å². The van der Waals surface area contributed by atoms with E-state index in [0.29, 0.717) is 17.7 Å². The number of oxazole rings is 1. The largest absolute Gasteiger partial charge is 0.419 e. The van der Waals surface area contributed by atoms with Crippen molar-refractivity contribution in [3.8, 4) is 0 Å². The molecule has 0 aliphatic rings. The third-order valence-electron chi connectivity index (χ3n) is 3.66. The Kier molecular flexibility index (Phi) is 3.73. The Morgan fingerprint density at radius 1 is 1.17 bits per heavy atom. The standard InChI is InChI=1S/C16H16N2O4S/c1-3-18-14-9-8-12(10-15(14)22-16(18)19)23(20,21)17-13-7-5-4-6-11(13)2/h4-10,17H,3H2,1-2H3. The Morgan fingerprint density at radius 2 is 1.91 bits per heavy atom. The smallest absolute Gasteiger partial charge is 0.408 e. The van der Waals surface area contributed by atoms with Gasteiger partial charge in [-0.15, -0.1) is 0 Å². The third-order valence-corrected chi connectivity index (χ3v) is 5.02. The van der Waals surface area contributed by atoms with Crippen LogP contribution >= 0.6 is 0 Å². The first-order chi connectivity index (χ1) is 10.9. The third kappa shape index (κ3) is 2.75. The number of sulfonamides is 1. The maximum absolute atomic E-state index is 12.5. The first-order valence-corrected chi connectivity index (χ1v) is 8.62. The Labute approximate surface area is 133 Å². The second-order valence-corrected chi connectivity index (χ2v) is 6.84. The number of rotatable bonds is 4. The molecule has 0 aliphatic carbocycles. The first-order valence-electron chi connectivity index (χ1n) is 7.14. The van der Waals surface area contributed by atoms with E-state index in [2.05, 4.69) is 4.72 Å². The highest BCUT2D eigenvalue weighted by atomic mass is 32.2. The van der Waals surface area contributed by atoms with Crippen LogP contribution in [0.15, 0.2) is 56.6 Å². The zero-order chi connectivity index (χ0) is 16.6. The van der Waals surface area contributed by atoms with Gasteiger partial charge in [-0.05, 0) is 37.6 Å². The minimum absolute atomic E-state index is 0.0465. The number of nitrogens with zero attached hydrogens (tertiary/aromatic N) is 1. The van der Waals surface area contributed by atoms with E-state index in [1.54, 1.807) is 18.2 Å². The molecular weight excluding hydrogens is 316 g/mol. The molecule has 2 aromatic carbocycles. The molecule has 0 fully saturated rings. The fourth-order valence-electron chi connectivity index (χ4n) is 2.40. The zero-order valence-electron chi connectivity index (χ0n) is 12.7. The van der Waals surface area contributed by atoms with Crippen LogP contribution in [0.1, 0.15) is 12.5 Å². The normalized spacial score (nSPS) is 11.7. The molecule has 1 aromatic heterocycles. The summed E-state index contributed by atoms with van der Waals surface area (Å²) in [6.07, 6.45) is 0. The maximum Gasteiger partial charge on any atom is 0.419 e. The summed E-state index contributed by atoms with van der Waals surface area (Å²) in [5.74, 6) is -0.496. The predicted molar refractivity (Wildman–Crippen MR) is 88.1 cm³/mol. The molecule has 6 nitrogen and oxygen atoms in total. The van der Waals surface area contributed by atoms with E-state index in [4.69, 9.17) is 4.42 Å². The maximum atomic E-state index is 12.5. The lowest BCUT2D eigenvalue weighted by Crippen LogP contribution is -2.14. The predicted octanol–water partition coefficient (Wildman–Crippen LogP) is 2.72. The van der Waals surface area contributed by atoms with Crippen LogP contribution in [0.25, 0.3) is 11.1 Å². The highest BCUT2D eigenvalue weighted by Crippen LogP contribution is 2.22. The summed E-state index contributed by atoms with van der Waals surface area (Å²) in [6, 6.07) is 11.5. The SMILES string of the molecule is CCn1c(=O)oc2cc(S(=O)(=O)Nc3ccccc3C)ccc21. The number of fused-ring (bicyclic) bond motifs is 1. The van der Waals surface area contributed by atoms with Crippen LogP contribution in [-0.2, 0) is 16.6 Å². The number of hydrogen-bond acceptors (Lipinski definition) is 4. The van der Waals surface area contributed by atoms with Gasteiger partial charge in [0.2, 0.25) is 0 Å². The molecule has 0 saturated heterocycles. The van der Waals surface area contributed by atoms with E-state index < -0.39 is 15.8 Å². The van der Waals surface area contributed by atoms with E-state index in [1.165, 1.54) is 16.7 Å². The van der Waals surface area contributed by atoms with E-state index in [1.807, 2.05) is 26.0 Å². The topological polar surface area (TPSA) is 81.3 Å². The van der Waals surface area contributed by atoms with Gasteiger partial charge in [0, 0.05) is 12.6 Å². The van der Waals surface area contributed by atoms with Crippen LogP contribution < -0.4 is 10.5 Å². The summed E-state index contributed by atoms with van der Waals surface area (Å²) in [5.41, 5.74) is 2.16. The molecule has 0 bridgehead atoms. The molecule has 3 aromatic rings. The van der Waals surface area contributed by atoms with Gasteiger partial charge in [0.05, 0.1) is 16.1 Å². The van der Waals surface area contributed by atoms with Gasteiger partial charge < -0.3 is 4.42 Å². The summed E-state index contributed by atoms with van der Waals surface area (Å²) in [6.45, 7) is 4.10. The number of aryl methyl sites for hydroxylation is 2. The number of anilines is 1. The Hall–Kier alpha value is -2.54. The average molecular weight is 332 g/mol. The van der Waals surface area contributed by atoms with Crippen molar-refractivity contribution in [1.29, 1.82) is 0 Å². The summed E-state index contributed by atoms with van der Waals surface area (Å²) in [5, 5.41) is 0. The summed E-state index contributed by atoms with van der Waals surface area (Å²) < 4.78 is 34.2. The molecule has 1 heterocycles. The van der Waals surface area contributed by atoms with Gasteiger partial charge in [0.1, 0.15) is 0 Å². The van der Waals surface area contributed by atoms with Crippen LogP contribution in [0.3, 0.4) is 0 Å². The highest BCUT2D eigenvalue weighted by molar-refractivity contribution is 7.92. The molecular formula is C16H16N2O4S. The van der Waals surface area contributed by atoms with Crippen molar-refractivity contribution in [3.05, 3.63) is 58.6 Å². The molecule has 0 spiro atoms. The lowest BCUT2D eigenvalue weighted by atomic mass is 10.2. The molecule has 0 unspecified atom stereocenters. The number of hydrogen-bond donors (Lipinski definition) is 1. The molecule has 0 aliphatic heterocycles. The van der Waals surface area contributed by atoms with Crippen LogP contribution in [0.4, 0.5) is 5.69 Å². The molecule has 0 amide bonds. The first kappa shape index (κ1) is 15.4. The molecule has 0 atom stereocenters. The lowest BCUT2D eigenvalue weighted by Gasteiger charge is -2.10. The zero-order valence-corrected chi connectivity index (χ0v) is 13.6. The molecule has 120 valence electrons. The van der Waals surface area contributed by atoms with Gasteiger partial charge in [-0.1, -0.05) is 18.2 Å².